The number of carbonyl (C=O) groups is 1. The fourth-order valence-electron chi connectivity index (χ4n) is 2.90. The highest BCUT2D eigenvalue weighted by Gasteiger charge is 2.38. The molecule has 0 amide bonds. The van der Waals surface area contributed by atoms with E-state index in [1.807, 2.05) is 30.3 Å². The molecule has 1 N–H and O–H groups in total. The second kappa shape index (κ2) is 6.98. The molecule has 1 aromatic heterocycles. The van der Waals surface area contributed by atoms with Gasteiger partial charge in [0, 0.05) is 10.6 Å². The Morgan fingerprint density at radius 2 is 1.61 bits per heavy atom. The molecule has 6 nitrogen and oxygen atoms in total. The molecule has 0 fully saturated rings. The lowest BCUT2D eigenvalue weighted by Gasteiger charge is -2.27. The van der Waals surface area contributed by atoms with Crippen LogP contribution in [-0.4, -0.2) is 26.1 Å². The van der Waals surface area contributed by atoms with E-state index in [-0.39, 0.29) is 0 Å². The van der Waals surface area contributed by atoms with Gasteiger partial charge >= 0.3 is 5.97 Å². The van der Waals surface area contributed by atoms with E-state index in [9.17, 15) is 9.90 Å². The Hall–Kier alpha value is -3.38. The molecular formula is C21H16ClN3O3. The van der Waals surface area contributed by atoms with E-state index in [0.717, 1.165) is 0 Å². The van der Waals surface area contributed by atoms with Crippen molar-refractivity contribution in [3.05, 3.63) is 83.4 Å². The quantitative estimate of drug-likeness (QED) is 0.542. The maximum absolute atomic E-state index is 12.1. The molecule has 28 heavy (non-hydrogen) atoms. The molecule has 0 saturated heterocycles. The van der Waals surface area contributed by atoms with Crippen molar-refractivity contribution in [2.45, 2.75) is 12.5 Å². The number of nitrogens with zero attached hydrogens (tertiary/aromatic N) is 3. The van der Waals surface area contributed by atoms with Crippen LogP contribution in [0.4, 0.5) is 0 Å². The molecule has 1 unspecified atom stereocenters. The number of halogens is 1. The third kappa shape index (κ3) is 3.18. The summed E-state index contributed by atoms with van der Waals surface area (Å²) >= 11 is 6.18. The third-order valence-corrected chi connectivity index (χ3v) is 4.71. The normalized spacial score (nSPS) is 13.2. The van der Waals surface area contributed by atoms with Crippen LogP contribution in [0, 0.1) is 0 Å². The first-order chi connectivity index (χ1) is 13.5. The van der Waals surface area contributed by atoms with Crippen molar-refractivity contribution in [3.63, 3.8) is 0 Å². The minimum absolute atomic E-state index is 0.304. The maximum Gasteiger partial charge on any atom is 0.352 e. The number of rotatable bonds is 5. The zero-order valence-electron chi connectivity index (χ0n) is 14.9. The summed E-state index contributed by atoms with van der Waals surface area (Å²) in [6.07, 6.45) is 0. The molecule has 0 radical (unpaired) electrons. The number of fused-ring (bicyclic) bond motifs is 1. The summed E-state index contributed by atoms with van der Waals surface area (Å²) in [6, 6.07) is 21.1. The van der Waals surface area contributed by atoms with Crippen molar-refractivity contribution in [1.29, 1.82) is 0 Å². The van der Waals surface area contributed by atoms with Crippen LogP contribution in [0.25, 0.3) is 16.7 Å². The van der Waals surface area contributed by atoms with Gasteiger partial charge in [-0.25, -0.2) is 4.79 Å². The van der Waals surface area contributed by atoms with Gasteiger partial charge in [0.15, 0.2) is 0 Å². The lowest BCUT2D eigenvalue weighted by atomic mass is 9.96. The Morgan fingerprint density at radius 3 is 2.21 bits per heavy atom. The van der Waals surface area contributed by atoms with Crippen molar-refractivity contribution < 1.29 is 14.6 Å². The smallest absolute Gasteiger partial charge is 0.352 e. The minimum atomic E-state index is -1.60. The summed E-state index contributed by atoms with van der Waals surface area (Å²) in [7, 11) is 0. The van der Waals surface area contributed by atoms with Gasteiger partial charge in [0.05, 0.1) is 0 Å². The molecule has 3 aromatic carbocycles. The molecule has 1 heterocycles. The standard InChI is InChI=1S/C21H16ClN3O3/c1-21(20(26)27,14-7-3-2-4-8-14)28-19-12-11-15(22)13-18(19)25-23-16-9-5-6-10-17(16)24-25/h2-13H,1H3,(H,26,27). The van der Waals surface area contributed by atoms with Crippen LogP contribution < -0.4 is 4.74 Å². The summed E-state index contributed by atoms with van der Waals surface area (Å²) < 4.78 is 6.03. The van der Waals surface area contributed by atoms with E-state index in [0.29, 0.717) is 33.1 Å². The summed E-state index contributed by atoms with van der Waals surface area (Å²) in [6.45, 7) is 1.51. The van der Waals surface area contributed by atoms with Gasteiger partial charge in [-0.2, -0.15) is 0 Å². The highest BCUT2D eigenvalue weighted by molar-refractivity contribution is 6.30. The second-order valence-electron chi connectivity index (χ2n) is 6.40. The van der Waals surface area contributed by atoms with Gasteiger partial charge in [-0.05, 0) is 37.3 Å². The van der Waals surface area contributed by atoms with E-state index in [2.05, 4.69) is 10.2 Å². The first-order valence-electron chi connectivity index (χ1n) is 8.57. The largest absolute Gasteiger partial charge is 0.478 e. The van der Waals surface area contributed by atoms with E-state index in [1.165, 1.54) is 11.7 Å². The van der Waals surface area contributed by atoms with Crippen molar-refractivity contribution in [3.8, 4) is 11.4 Å². The van der Waals surface area contributed by atoms with Gasteiger partial charge in [0.1, 0.15) is 22.5 Å². The summed E-state index contributed by atoms with van der Waals surface area (Å²) in [5, 5.41) is 19.3. The lowest BCUT2D eigenvalue weighted by molar-refractivity contribution is -0.154. The van der Waals surface area contributed by atoms with Crippen molar-refractivity contribution in [1.82, 2.24) is 15.0 Å². The molecule has 7 heteroatoms. The molecule has 0 spiro atoms. The lowest BCUT2D eigenvalue weighted by Crippen LogP contribution is -2.38. The Morgan fingerprint density at radius 1 is 1.00 bits per heavy atom. The van der Waals surface area contributed by atoms with Crippen LogP contribution in [-0.2, 0) is 10.4 Å². The zero-order valence-corrected chi connectivity index (χ0v) is 15.7. The van der Waals surface area contributed by atoms with Crippen LogP contribution in [0.3, 0.4) is 0 Å². The maximum atomic E-state index is 12.1. The van der Waals surface area contributed by atoms with Gasteiger partial charge in [-0.15, -0.1) is 15.0 Å². The van der Waals surface area contributed by atoms with Crippen molar-refractivity contribution in [2.24, 2.45) is 0 Å². The Balaban J connectivity index is 1.83. The molecule has 4 aromatic rings. The van der Waals surface area contributed by atoms with Crippen molar-refractivity contribution >= 4 is 28.6 Å². The molecule has 0 bridgehead atoms. The number of hydrogen-bond acceptors (Lipinski definition) is 4. The van der Waals surface area contributed by atoms with E-state index in [4.69, 9.17) is 16.3 Å². The van der Waals surface area contributed by atoms with Crippen molar-refractivity contribution in [2.75, 3.05) is 0 Å². The van der Waals surface area contributed by atoms with E-state index in [1.54, 1.807) is 42.5 Å². The van der Waals surface area contributed by atoms with Crippen LogP contribution in [0.5, 0.6) is 5.75 Å². The van der Waals surface area contributed by atoms with Gasteiger partial charge in [-0.1, -0.05) is 54.1 Å². The van der Waals surface area contributed by atoms with Crippen LogP contribution in [0.2, 0.25) is 5.02 Å². The molecule has 140 valence electrons. The highest BCUT2D eigenvalue weighted by atomic mass is 35.5. The van der Waals surface area contributed by atoms with Gasteiger partial charge in [0.25, 0.3) is 0 Å². The monoisotopic (exact) mass is 393 g/mol. The van der Waals surface area contributed by atoms with E-state index >= 15 is 0 Å². The van der Waals surface area contributed by atoms with Crippen LogP contribution in [0.1, 0.15) is 12.5 Å². The average Bonchev–Trinajstić information content (AvgIpc) is 3.14. The summed E-state index contributed by atoms with van der Waals surface area (Å²) in [5.74, 6) is -0.809. The molecular weight excluding hydrogens is 378 g/mol. The first kappa shape index (κ1) is 18.0. The predicted molar refractivity (Wildman–Crippen MR) is 106 cm³/mol. The molecule has 4 rings (SSSR count). The number of aliphatic carboxylic acids is 1. The number of benzene rings is 3. The number of ether oxygens (including phenoxy) is 1. The van der Waals surface area contributed by atoms with E-state index < -0.39 is 11.6 Å². The SMILES string of the molecule is CC(Oc1ccc(Cl)cc1-n1nc2ccccc2n1)(C(=O)O)c1ccccc1. The fourth-order valence-corrected chi connectivity index (χ4v) is 3.07. The Labute approximate surface area is 165 Å². The molecule has 0 aliphatic rings. The molecule has 0 aliphatic heterocycles. The number of aromatic nitrogens is 3. The minimum Gasteiger partial charge on any atom is -0.478 e. The predicted octanol–water partition coefficient (Wildman–Crippen LogP) is 4.45. The Kier molecular flexibility index (Phi) is 4.49. The second-order valence-corrected chi connectivity index (χ2v) is 6.83. The third-order valence-electron chi connectivity index (χ3n) is 4.47. The van der Waals surface area contributed by atoms with Crippen LogP contribution in [0.15, 0.2) is 72.8 Å². The fraction of sp³-hybridized carbons (Fsp3) is 0.0952. The summed E-state index contributed by atoms with van der Waals surface area (Å²) in [4.78, 5) is 13.5. The Bertz CT molecular complexity index is 1130. The number of hydrogen-bond donors (Lipinski definition) is 1. The van der Waals surface area contributed by atoms with Gasteiger partial charge < -0.3 is 9.84 Å². The molecule has 0 aliphatic carbocycles. The zero-order chi connectivity index (χ0) is 19.7. The van der Waals surface area contributed by atoms with Gasteiger partial charge in [0.2, 0.25) is 5.60 Å². The van der Waals surface area contributed by atoms with Gasteiger partial charge in [-0.3, -0.25) is 0 Å². The first-order valence-corrected chi connectivity index (χ1v) is 8.95. The topological polar surface area (TPSA) is 77.2 Å². The molecule has 0 saturated carbocycles. The summed E-state index contributed by atoms with van der Waals surface area (Å²) in [5.41, 5.74) is 0.778. The van der Waals surface area contributed by atoms with Crippen LogP contribution >= 0.6 is 11.6 Å². The average molecular weight is 394 g/mol. The highest BCUT2D eigenvalue weighted by Crippen LogP contribution is 2.34. The number of carboxylic acids is 1. The number of carboxylic acid groups (broad SMARTS) is 1. The molecule has 1 atom stereocenters.